The second kappa shape index (κ2) is 10.7. The quantitative estimate of drug-likeness (QED) is 0.123. The lowest BCUT2D eigenvalue weighted by Crippen LogP contribution is -2.03. The van der Waals surface area contributed by atoms with Crippen molar-refractivity contribution in [3.63, 3.8) is 0 Å². The SMILES string of the molecule is OC1=CC(c2ccc(-c3c4ccccc4c(-c4ccc5oc6cc7ccccc7cc6c5c4)c4ccccc34)cc2)C(O)=C(O)C(O)=C1O. The maximum absolute atomic E-state index is 10.7. The number of rotatable bonds is 3. The molecular weight excluding hydrogens is 612 g/mol. The van der Waals surface area contributed by atoms with Gasteiger partial charge in [-0.05, 0) is 90.5 Å². The molecule has 236 valence electrons. The number of allylic oxidation sites excluding steroid dienone is 1. The normalized spacial score (nSPS) is 15.5. The van der Waals surface area contributed by atoms with E-state index in [0.29, 0.717) is 5.56 Å². The van der Waals surface area contributed by atoms with Gasteiger partial charge >= 0.3 is 0 Å². The van der Waals surface area contributed by atoms with E-state index in [1.165, 1.54) is 6.08 Å². The van der Waals surface area contributed by atoms with Gasteiger partial charge in [-0.15, -0.1) is 0 Å². The lowest BCUT2D eigenvalue weighted by molar-refractivity contribution is 0.248. The van der Waals surface area contributed by atoms with E-state index >= 15 is 0 Å². The van der Waals surface area contributed by atoms with Gasteiger partial charge in [0, 0.05) is 10.8 Å². The van der Waals surface area contributed by atoms with Crippen molar-refractivity contribution < 1.29 is 29.9 Å². The first-order valence-electron chi connectivity index (χ1n) is 15.9. The third kappa shape index (κ3) is 4.35. The molecule has 8 aromatic rings. The molecule has 1 aliphatic carbocycles. The number of fused-ring (bicyclic) bond motifs is 6. The second-order valence-corrected chi connectivity index (χ2v) is 12.4. The van der Waals surface area contributed by atoms with Crippen LogP contribution in [0.1, 0.15) is 11.5 Å². The largest absolute Gasteiger partial charge is 0.507 e. The topological polar surface area (TPSA) is 114 Å². The Morgan fingerprint density at radius 3 is 1.59 bits per heavy atom. The molecule has 1 atom stereocenters. The van der Waals surface area contributed by atoms with Crippen molar-refractivity contribution in [3.05, 3.63) is 168 Å². The molecule has 0 amide bonds. The molecule has 0 bridgehead atoms. The number of aliphatic hydroxyl groups is 5. The van der Waals surface area contributed by atoms with Crippen LogP contribution < -0.4 is 0 Å². The van der Waals surface area contributed by atoms with Gasteiger partial charge in [-0.3, -0.25) is 0 Å². The van der Waals surface area contributed by atoms with Crippen molar-refractivity contribution in [1.29, 1.82) is 0 Å². The van der Waals surface area contributed by atoms with E-state index in [1.807, 2.05) is 30.3 Å². The summed E-state index contributed by atoms with van der Waals surface area (Å²) in [6.45, 7) is 0. The summed E-state index contributed by atoms with van der Waals surface area (Å²) in [6, 6.07) is 43.2. The minimum atomic E-state index is -0.997. The zero-order valence-electron chi connectivity index (χ0n) is 25.9. The van der Waals surface area contributed by atoms with Crippen LogP contribution in [0.4, 0.5) is 0 Å². The van der Waals surface area contributed by atoms with Gasteiger partial charge in [-0.1, -0.05) is 103 Å². The Labute approximate surface area is 279 Å². The molecule has 0 saturated carbocycles. The molecule has 1 aliphatic rings. The van der Waals surface area contributed by atoms with Crippen molar-refractivity contribution >= 4 is 54.3 Å². The molecule has 1 heterocycles. The maximum Gasteiger partial charge on any atom is 0.207 e. The highest BCUT2D eigenvalue weighted by Gasteiger charge is 2.28. The lowest BCUT2D eigenvalue weighted by Gasteiger charge is -2.18. The fourth-order valence-corrected chi connectivity index (χ4v) is 7.30. The smallest absolute Gasteiger partial charge is 0.207 e. The van der Waals surface area contributed by atoms with Crippen molar-refractivity contribution in [2.24, 2.45) is 0 Å². The van der Waals surface area contributed by atoms with E-state index in [4.69, 9.17) is 4.42 Å². The number of aliphatic hydroxyl groups excluding tert-OH is 5. The molecule has 5 N–H and O–H groups in total. The molecule has 1 aromatic heterocycles. The maximum atomic E-state index is 10.7. The molecule has 0 saturated heterocycles. The van der Waals surface area contributed by atoms with Gasteiger partial charge in [0.15, 0.2) is 5.76 Å². The van der Waals surface area contributed by atoms with Crippen LogP contribution in [0.15, 0.2) is 167 Å². The first kappa shape index (κ1) is 28.6. The highest BCUT2D eigenvalue weighted by atomic mass is 16.4. The summed E-state index contributed by atoms with van der Waals surface area (Å²) in [5, 5.41) is 60.0. The summed E-state index contributed by atoms with van der Waals surface area (Å²) < 4.78 is 6.32. The van der Waals surface area contributed by atoms with E-state index in [1.54, 1.807) is 12.1 Å². The number of benzene rings is 7. The lowest BCUT2D eigenvalue weighted by atomic mass is 9.85. The van der Waals surface area contributed by atoms with Crippen LogP contribution in [-0.4, -0.2) is 25.5 Å². The summed E-state index contributed by atoms with van der Waals surface area (Å²) >= 11 is 0. The Morgan fingerprint density at radius 2 is 0.959 bits per heavy atom. The van der Waals surface area contributed by atoms with Gasteiger partial charge in [-0.25, -0.2) is 0 Å². The van der Waals surface area contributed by atoms with Crippen molar-refractivity contribution in [3.8, 4) is 22.3 Å². The van der Waals surface area contributed by atoms with Crippen LogP contribution in [0.25, 0.3) is 76.5 Å². The summed E-state index contributed by atoms with van der Waals surface area (Å²) in [5.74, 6) is -5.02. The monoisotopic (exact) mass is 640 g/mol. The third-order valence-electron chi connectivity index (χ3n) is 9.67. The average Bonchev–Trinajstić information content (AvgIpc) is 3.47. The van der Waals surface area contributed by atoms with Gasteiger partial charge in [0.1, 0.15) is 16.9 Å². The predicted octanol–water partition coefficient (Wildman–Crippen LogP) is 11.6. The van der Waals surface area contributed by atoms with Gasteiger partial charge < -0.3 is 29.9 Å². The molecular formula is C43H28O6. The van der Waals surface area contributed by atoms with Gasteiger partial charge in [-0.2, -0.15) is 0 Å². The summed E-state index contributed by atoms with van der Waals surface area (Å²) in [7, 11) is 0. The first-order valence-corrected chi connectivity index (χ1v) is 15.9. The van der Waals surface area contributed by atoms with E-state index in [0.717, 1.165) is 76.5 Å². The van der Waals surface area contributed by atoms with Gasteiger partial charge in [0.05, 0.1) is 5.92 Å². The summed E-state index contributed by atoms with van der Waals surface area (Å²) in [6.07, 6.45) is 1.18. The standard InChI is InChI=1S/C43H28O6/c44-35-22-32(40(45)42(47)43(48)41(35)46)23-13-15-24(16-14-23)38-28-9-3-5-11-30(28)39(31-12-6-4-10-29(31)38)27-17-18-36-33(20-27)34-19-25-7-1-2-8-26(25)21-37(34)49-36/h1-22,32,44-48H. The highest BCUT2D eigenvalue weighted by molar-refractivity contribution is 6.22. The fraction of sp³-hybridized carbons (Fsp3) is 0.0233. The van der Waals surface area contributed by atoms with E-state index in [2.05, 4.69) is 84.9 Å². The minimum absolute atomic E-state index is 0.542. The minimum Gasteiger partial charge on any atom is -0.507 e. The van der Waals surface area contributed by atoms with Crippen LogP contribution in [-0.2, 0) is 0 Å². The predicted molar refractivity (Wildman–Crippen MR) is 195 cm³/mol. The Balaban J connectivity index is 1.23. The Morgan fingerprint density at radius 1 is 0.429 bits per heavy atom. The van der Waals surface area contributed by atoms with E-state index < -0.39 is 34.7 Å². The fourth-order valence-electron chi connectivity index (χ4n) is 7.30. The Bertz CT molecular complexity index is 2710. The third-order valence-corrected chi connectivity index (χ3v) is 9.67. The van der Waals surface area contributed by atoms with Crippen molar-refractivity contribution in [2.45, 2.75) is 5.92 Å². The molecule has 1 unspecified atom stereocenters. The molecule has 0 fully saturated rings. The van der Waals surface area contributed by atoms with Gasteiger partial charge in [0.25, 0.3) is 0 Å². The summed E-state index contributed by atoms with van der Waals surface area (Å²) in [5.41, 5.74) is 6.43. The van der Waals surface area contributed by atoms with Crippen LogP contribution in [0.2, 0.25) is 0 Å². The number of furan rings is 1. The zero-order chi connectivity index (χ0) is 33.4. The average molecular weight is 641 g/mol. The van der Waals surface area contributed by atoms with Crippen LogP contribution in [0.5, 0.6) is 0 Å². The summed E-state index contributed by atoms with van der Waals surface area (Å²) in [4.78, 5) is 0. The first-order chi connectivity index (χ1) is 23.9. The van der Waals surface area contributed by atoms with Crippen LogP contribution in [0.3, 0.4) is 0 Å². The number of hydrogen-bond donors (Lipinski definition) is 5. The molecule has 7 aromatic carbocycles. The Kier molecular flexibility index (Phi) is 6.23. The van der Waals surface area contributed by atoms with E-state index in [-0.39, 0.29) is 0 Å². The molecule has 0 aliphatic heterocycles. The van der Waals surface area contributed by atoms with Crippen LogP contribution >= 0.6 is 0 Å². The molecule has 0 spiro atoms. The van der Waals surface area contributed by atoms with Crippen molar-refractivity contribution in [2.75, 3.05) is 0 Å². The zero-order valence-corrected chi connectivity index (χ0v) is 25.9. The molecule has 6 nitrogen and oxygen atoms in total. The van der Waals surface area contributed by atoms with Gasteiger partial charge in [0.2, 0.25) is 17.3 Å². The Hall–Kier alpha value is -6.66. The van der Waals surface area contributed by atoms with Crippen LogP contribution in [0, 0.1) is 0 Å². The molecule has 0 radical (unpaired) electrons. The second-order valence-electron chi connectivity index (χ2n) is 12.4. The molecule has 9 rings (SSSR count). The molecule has 6 heteroatoms. The highest BCUT2D eigenvalue weighted by Crippen LogP contribution is 2.45. The molecule has 49 heavy (non-hydrogen) atoms. The van der Waals surface area contributed by atoms with E-state index in [9.17, 15) is 25.5 Å². The van der Waals surface area contributed by atoms with Crippen molar-refractivity contribution in [1.82, 2.24) is 0 Å². The number of hydrogen-bond acceptors (Lipinski definition) is 6.